The summed E-state index contributed by atoms with van der Waals surface area (Å²) in [6, 6.07) is 1.22. The van der Waals surface area contributed by atoms with E-state index in [9.17, 15) is 0 Å². The van der Waals surface area contributed by atoms with Gasteiger partial charge in [0.05, 0.1) is 12.6 Å². The lowest BCUT2D eigenvalue weighted by molar-refractivity contribution is 0.243. The van der Waals surface area contributed by atoms with E-state index in [1.165, 1.54) is 32.2 Å². The molecule has 0 amide bonds. The van der Waals surface area contributed by atoms with Crippen LogP contribution in [0.4, 0.5) is 0 Å². The summed E-state index contributed by atoms with van der Waals surface area (Å²) in [5.41, 5.74) is 0. The normalized spacial score (nSPS) is 24.0. The Balaban J connectivity index is 1.59. The second-order valence-electron chi connectivity index (χ2n) is 5.39. The fraction of sp³-hybridized carbons (Fsp3) is 0.917. The van der Waals surface area contributed by atoms with Crippen LogP contribution in [0, 0.1) is 0 Å². The van der Waals surface area contributed by atoms with Crippen LogP contribution in [0.2, 0.25) is 0 Å². The molecule has 1 saturated heterocycles. The molecule has 0 aromatic carbocycles. The first kappa shape index (κ1) is 12.0. The van der Waals surface area contributed by atoms with E-state index in [0.29, 0.717) is 12.1 Å². The molecule has 0 bridgehead atoms. The van der Waals surface area contributed by atoms with Crippen molar-refractivity contribution in [3.8, 4) is 0 Å². The van der Waals surface area contributed by atoms with Gasteiger partial charge in [-0.2, -0.15) is 0 Å². The number of tetrazole rings is 1. The standard InChI is InChI=1S/C12H22N6/c1-2-17(8-10-4-3-7-13-10)9-12-14-15-16-18(12)11-5-6-11/h10-11,13H,2-9H2,1H3. The molecule has 1 unspecified atom stereocenters. The molecule has 0 radical (unpaired) electrons. The van der Waals surface area contributed by atoms with Gasteiger partial charge in [0, 0.05) is 12.6 Å². The molecule has 0 spiro atoms. The van der Waals surface area contributed by atoms with E-state index in [-0.39, 0.29) is 0 Å². The third-order valence-corrected chi connectivity index (χ3v) is 3.91. The van der Waals surface area contributed by atoms with E-state index in [4.69, 9.17) is 0 Å². The van der Waals surface area contributed by atoms with Crippen molar-refractivity contribution in [2.75, 3.05) is 19.6 Å². The Labute approximate surface area is 108 Å². The zero-order chi connectivity index (χ0) is 12.4. The molecule has 2 heterocycles. The highest BCUT2D eigenvalue weighted by Gasteiger charge is 2.28. The Morgan fingerprint density at radius 1 is 1.39 bits per heavy atom. The van der Waals surface area contributed by atoms with Crippen LogP contribution in [-0.2, 0) is 6.54 Å². The van der Waals surface area contributed by atoms with Crippen molar-refractivity contribution in [3.63, 3.8) is 0 Å². The summed E-state index contributed by atoms with van der Waals surface area (Å²) in [5, 5.41) is 15.7. The molecule has 6 nitrogen and oxygen atoms in total. The lowest BCUT2D eigenvalue weighted by Crippen LogP contribution is -2.37. The molecule has 1 N–H and O–H groups in total. The summed E-state index contributed by atoms with van der Waals surface area (Å²) in [5.74, 6) is 1.03. The Kier molecular flexibility index (Phi) is 3.56. The van der Waals surface area contributed by atoms with Crippen LogP contribution in [0.3, 0.4) is 0 Å². The first-order valence-corrected chi connectivity index (χ1v) is 7.09. The fourth-order valence-electron chi connectivity index (χ4n) is 2.65. The van der Waals surface area contributed by atoms with Gasteiger partial charge in [0.2, 0.25) is 0 Å². The summed E-state index contributed by atoms with van der Waals surface area (Å²) in [6.45, 7) is 6.41. The van der Waals surface area contributed by atoms with Gasteiger partial charge < -0.3 is 5.32 Å². The van der Waals surface area contributed by atoms with E-state index in [0.717, 1.165) is 25.5 Å². The molecule has 2 aliphatic rings. The molecule has 1 aromatic heterocycles. The Morgan fingerprint density at radius 2 is 2.28 bits per heavy atom. The number of hydrogen-bond donors (Lipinski definition) is 1. The summed E-state index contributed by atoms with van der Waals surface area (Å²) >= 11 is 0. The highest BCUT2D eigenvalue weighted by Crippen LogP contribution is 2.34. The highest BCUT2D eigenvalue weighted by atomic mass is 15.6. The molecule has 1 saturated carbocycles. The maximum atomic E-state index is 4.18. The van der Waals surface area contributed by atoms with Crippen molar-refractivity contribution in [1.82, 2.24) is 30.4 Å². The predicted octanol–water partition coefficient (Wildman–Crippen LogP) is 0.582. The molecular formula is C12H22N6. The van der Waals surface area contributed by atoms with Gasteiger partial charge in [0.15, 0.2) is 5.82 Å². The molecule has 3 rings (SSSR count). The maximum Gasteiger partial charge on any atom is 0.165 e. The molecule has 1 aromatic rings. The second-order valence-corrected chi connectivity index (χ2v) is 5.39. The Morgan fingerprint density at radius 3 is 2.94 bits per heavy atom. The molecule has 2 fully saturated rings. The average molecular weight is 250 g/mol. The summed E-state index contributed by atoms with van der Waals surface area (Å²) in [7, 11) is 0. The molecule has 1 atom stereocenters. The van der Waals surface area contributed by atoms with E-state index < -0.39 is 0 Å². The zero-order valence-electron chi connectivity index (χ0n) is 11.0. The van der Waals surface area contributed by atoms with Crippen LogP contribution in [0.15, 0.2) is 0 Å². The summed E-state index contributed by atoms with van der Waals surface area (Å²) in [6.07, 6.45) is 5.06. The molecule has 6 heteroatoms. The van der Waals surface area contributed by atoms with Crippen molar-refractivity contribution in [1.29, 1.82) is 0 Å². The smallest absolute Gasteiger partial charge is 0.165 e. The van der Waals surface area contributed by atoms with Gasteiger partial charge in [-0.05, 0) is 49.2 Å². The van der Waals surface area contributed by atoms with Crippen molar-refractivity contribution in [2.45, 2.75) is 51.2 Å². The largest absolute Gasteiger partial charge is 0.313 e. The lowest BCUT2D eigenvalue weighted by Gasteiger charge is -2.23. The molecular weight excluding hydrogens is 228 g/mol. The number of hydrogen-bond acceptors (Lipinski definition) is 5. The molecule has 18 heavy (non-hydrogen) atoms. The number of aromatic nitrogens is 4. The van der Waals surface area contributed by atoms with Gasteiger partial charge in [-0.15, -0.1) is 5.10 Å². The first-order valence-electron chi connectivity index (χ1n) is 7.09. The van der Waals surface area contributed by atoms with E-state index >= 15 is 0 Å². The first-order chi connectivity index (χ1) is 8.86. The SMILES string of the molecule is CCN(Cc1nnnn1C1CC1)CC1CCCN1. The molecule has 1 aliphatic carbocycles. The number of rotatable bonds is 6. The summed E-state index contributed by atoms with van der Waals surface area (Å²) < 4.78 is 2.02. The molecule has 1 aliphatic heterocycles. The molecule has 100 valence electrons. The average Bonchev–Trinajstić information content (AvgIpc) is 2.91. The van der Waals surface area contributed by atoms with E-state index in [1.54, 1.807) is 0 Å². The van der Waals surface area contributed by atoms with Crippen LogP contribution in [0.5, 0.6) is 0 Å². The van der Waals surface area contributed by atoms with Crippen LogP contribution < -0.4 is 5.32 Å². The van der Waals surface area contributed by atoms with Crippen LogP contribution in [-0.4, -0.2) is 50.8 Å². The fourth-order valence-corrected chi connectivity index (χ4v) is 2.65. The van der Waals surface area contributed by atoms with Crippen molar-refractivity contribution < 1.29 is 0 Å². The third kappa shape index (κ3) is 2.70. The van der Waals surface area contributed by atoms with Gasteiger partial charge in [-0.25, -0.2) is 4.68 Å². The highest BCUT2D eigenvalue weighted by molar-refractivity contribution is 4.91. The third-order valence-electron chi connectivity index (χ3n) is 3.91. The maximum absolute atomic E-state index is 4.18. The van der Waals surface area contributed by atoms with Crippen molar-refractivity contribution in [2.24, 2.45) is 0 Å². The topological polar surface area (TPSA) is 58.9 Å². The Bertz CT molecular complexity index is 380. The van der Waals surface area contributed by atoms with Gasteiger partial charge in [-0.3, -0.25) is 4.90 Å². The van der Waals surface area contributed by atoms with Gasteiger partial charge in [0.1, 0.15) is 0 Å². The lowest BCUT2D eigenvalue weighted by atomic mass is 10.2. The van der Waals surface area contributed by atoms with E-state index in [2.05, 4.69) is 32.7 Å². The van der Waals surface area contributed by atoms with E-state index in [1.807, 2.05) is 4.68 Å². The Hall–Kier alpha value is -1.01. The number of nitrogens with one attached hydrogen (secondary N) is 1. The minimum atomic E-state index is 0.568. The predicted molar refractivity (Wildman–Crippen MR) is 68.1 cm³/mol. The van der Waals surface area contributed by atoms with Crippen LogP contribution in [0.1, 0.15) is 44.5 Å². The van der Waals surface area contributed by atoms with Crippen molar-refractivity contribution >= 4 is 0 Å². The summed E-state index contributed by atoms with van der Waals surface area (Å²) in [4.78, 5) is 2.44. The quantitative estimate of drug-likeness (QED) is 0.800. The monoisotopic (exact) mass is 250 g/mol. The van der Waals surface area contributed by atoms with Crippen LogP contribution >= 0.6 is 0 Å². The van der Waals surface area contributed by atoms with Gasteiger partial charge >= 0.3 is 0 Å². The van der Waals surface area contributed by atoms with Gasteiger partial charge in [0.25, 0.3) is 0 Å². The van der Waals surface area contributed by atoms with Crippen LogP contribution in [0.25, 0.3) is 0 Å². The zero-order valence-corrected chi connectivity index (χ0v) is 11.0. The van der Waals surface area contributed by atoms with Crippen molar-refractivity contribution in [3.05, 3.63) is 5.82 Å². The van der Waals surface area contributed by atoms with Gasteiger partial charge in [-0.1, -0.05) is 6.92 Å². The minimum absolute atomic E-state index is 0.568. The minimum Gasteiger partial charge on any atom is -0.313 e. The number of likely N-dealkylation sites (N-methyl/N-ethyl adjacent to an activating group) is 1. The second kappa shape index (κ2) is 5.32. The number of nitrogens with zero attached hydrogens (tertiary/aromatic N) is 5.